The van der Waals surface area contributed by atoms with E-state index in [9.17, 15) is 34.8 Å². The number of halogens is 1. The maximum Gasteiger partial charge on any atom is 0.202 e. The molecular formula is C21H29FO7. The second-order valence-corrected chi connectivity index (χ2v) is 10.1. The van der Waals surface area contributed by atoms with Crippen LogP contribution >= 0.6 is 0 Å². The van der Waals surface area contributed by atoms with E-state index >= 15 is 4.39 Å². The fourth-order valence-electron chi connectivity index (χ4n) is 7.59. The van der Waals surface area contributed by atoms with E-state index in [0.717, 1.165) is 0 Å². The number of carbonyl (C=O) groups excluding carboxylic acids is 3. The lowest BCUT2D eigenvalue weighted by atomic mass is 9.42. The molecule has 4 aliphatic carbocycles. The molecule has 0 spiro atoms. The molecule has 0 bridgehead atoms. The highest BCUT2D eigenvalue weighted by Crippen LogP contribution is 2.70. The van der Waals surface area contributed by atoms with Gasteiger partial charge in [-0.15, -0.1) is 0 Å². The highest BCUT2D eigenvalue weighted by atomic mass is 19.1. The first-order chi connectivity index (χ1) is 13.4. The first kappa shape index (κ1) is 21.0. The first-order valence-corrected chi connectivity index (χ1v) is 10.4. The van der Waals surface area contributed by atoms with Crippen molar-refractivity contribution in [3.8, 4) is 0 Å². The second-order valence-electron chi connectivity index (χ2n) is 10.1. The molecule has 0 aromatic heterocycles. The number of Topliss-reactive ketones (excluding diaryl/α,β-unsaturated/α-hetero) is 3. The number of hydrogen-bond acceptors (Lipinski definition) is 7. The molecule has 0 aromatic rings. The lowest BCUT2D eigenvalue weighted by Crippen LogP contribution is -2.72. The molecule has 4 aliphatic rings. The number of fused-ring (bicyclic) bond motifs is 5. The maximum atomic E-state index is 16.9. The molecule has 0 heterocycles. The van der Waals surface area contributed by atoms with Crippen LogP contribution in [0.15, 0.2) is 0 Å². The summed E-state index contributed by atoms with van der Waals surface area (Å²) in [5.74, 6) is -4.21. The minimum atomic E-state index is -2.27. The van der Waals surface area contributed by atoms with Gasteiger partial charge in [0.1, 0.15) is 12.3 Å². The topological polar surface area (TPSA) is 132 Å². The summed E-state index contributed by atoms with van der Waals surface area (Å²) in [7, 11) is 0. The number of aliphatic hydroxyl groups excluding tert-OH is 3. The standard InChI is InChI=1S/C21H29FO7/c1-18-6-5-13(24)17(28)11(18)4-3-10-12-7-14(25)21(29,16(27)9-23)19(12,2)8-15(26)20(10,18)22/h10-12,14-15,23,25-26,29H,3-9H2,1-2H3/t10-,11?,12-,14?,15?,18-,19-,20-,21-/m0/s1. The maximum absolute atomic E-state index is 16.9. The van der Waals surface area contributed by atoms with Crippen LogP contribution in [-0.2, 0) is 14.4 Å². The molecule has 4 rings (SSSR count). The van der Waals surface area contributed by atoms with Crippen LogP contribution in [0.1, 0.15) is 52.4 Å². The van der Waals surface area contributed by atoms with Gasteiger partial charge < -0.3 is 20.4 Å². The van der Waals surface area contributed by atoms with E-state index in [-0.39, 0.29) is 32.1 Å². The highest BCUT2D eigenvalue weighted by molar-refractivity contribution is 6.38. The Morgan fingerprint density at radius 1 is 1.10 bits per heavy atom. The Balaban J connectivity index is 1.81. The van der Waals surface area contributed by atoms with Gasteiger partial charge in [-0.1, -0.05) is 13.8 Å². The van der Waals surface area contributed by atoms with Crippen molar-refractivity contribution in [3.63, 3.8) is 0 Å². The van der Waals surface area contributed by atoms with Crippen molar-refractivity contribution in [1.29, 1.82) is 0 Å². The van der Waals surface area contributed by atoms with Crippen molar-refractivity contribution in [2.75, 3.05) is 6.61 Å². The lowest BCUT2D eigenvalue weighted by molar-refractivity contribution is -0.252. The van der Waals surface area contributed by atoms with E-state index < -0.39 is 76.0 Å². The van der Waals surface area contributed by atoms with E-state index in [1.54, 1.807) is 13.8 Å². The van der Waals surface area contributed by atoms with E-state index in [2.05, 4.69) is 0 Å². The van der Waals surface area contributed by atoms with Crippen molar-refractivity contribution in [2.45, 2.75) is 75.9 Å². The number of aliphatic hydroxyl groups is 4. The van der Waals surface area contributed by atoms with Crippen molar-refractivity contribution in [1.82, 2.24) is 0 Å². The van der Waals surface area contributed by atoms with Gasteiger partial charge in [-0.05, 0) is 43.9 Å². The van der Waals surface area contributed by atoms with E-state index in [1.165, 1.54) is 0 Å². The van der Waals surface area contributed by atoms with Gasteiger partial charge in [0.15, 0.2) is 17.2 Å². The Bertz CT molecular complexity index is 785. The van der Waals surface area contributed by atoms with Gasteiger partial charge in [0.25, 0.3) is 0 Å². The Morgan fingerprint density at radius 3 is 2.38 bits per heavy atom. The van der Waals surface area contributed by atoms with E-state index in [0.29, 0.717) is 6.42 Å². The molecule has 7 nitrogen and oxygen atoms in total. The molecule has 4 fully saturated rings. The summed E-state index contributed by atoms with van der Waals surface area (Å²) in [4.78, 5) is 36.9. The molecule has 8 heteroatoms. The number of carbonyl (C=O) groups is 3. The molecule has 9 atom stereocenters. The third-order valence-electron chi connectivity index (χ3n) is 9.22. The molecule has 0 amide bonds. The molecule has 0 saturated heterocycles. The van der Waals surface area contributed by atoms with Crippen molar-refractivity contribution in [3.05, 3.63) is 0 Å². The number of ketones is 3. The van der Waals surface area contributed by atoms with Gasteiger partial charge in [-0.25, -0.2) is 4.39 Å². The second kappa shape index (κ2) is 6.15. The zero-order chi connectivity index (χ0) is 21.6. The van der Waals surface area contributed by atoms with Crippen molar-refractivity contribution < 1.29 is 39.2 Å². The van der Waals surface area contributed by atoms with Crippen molar-refractivity contribution >= 4 is 17.3 Å². The summed E-state index contributed by atoms with van der Waals surface area (Å²) < 4.78 is 16.9. The zero-order valence-electron chi connectivity index (χ0n) is 16.7. The Hall–Kier alpha value is -1.22. The van der Waals surface area contributed by atoms with Crippen molar-refractivity contribution in [2.24, 2.45) is 28.6 Å². The van der Waals surface area contributed by atoms with E-state index in [1.807, 2.05) is 0 Å². The number of alkyl halides is 1. The molecule has 0 aromatic carbocycles. The molecular weight excluding hydrogens is 383 g/mol. The molecule has 4 saturated carbocycles. The van der Waals surface area contributed by atoms with E-state index in [4.69, 9.17) is 0 Å². The van der Waals surface area contributed by atoms with Gasteiger partial charge in [0, 0.05) is 23.2 Å². The average molecular weight is 412 g/mol. The van der Waals surface area contributed by atoms with Gasteiger partial charge >= 0.3 is 0 Å². The first-order valence-electron chi connectivity index (χ1n) is 10.4. The fourth-order valence-corrected chi connectivity index (χ4v) is 7.59. The predicted octanol–water partition coefficient (Wildman–Crippen LogP) is 0.103. The molecule has 4 N–H and O–H groups in total. The molecule has 3 unspecified atom stereocenters. The van der Waals surface area contributed by atoms with Crippen LogP contribution in [0.3, 0.4) is 0 Å². The summed E-state index contributed by atoms with van der Waals surface area (Å²) in [6, 6.07) is 0. The van der Waals surface area contributed by atoms with Crippen LogP contribution in [0.4, 0.5) is 4.39 Å². The number of hydrogen-bond donors (Lipinski definition) is 4. The zero-order valence-corrected chi connectivity index (χ0v) is 16.7. The normalized spacial score (nSPS) is 54.5. The van der Waals surface area contributed by atoms with Crippen LogP contribution in [0, 0.1) is 28.6 Å². The monoisotopic (exact) mass is 412 g/mol. The minimum Gasteiger partial charge on any atom is -0.390 e. The van der Waals surface area contributed by atoms with Gasteiger partial charge in [-0.2, -0.15) is 0 Å². The van der Waals surface area contributed by atoms with Gasteiger partial charge in [-0.3, -0.25) is 14.4 Å². The van der Waals surface area contributed by atoms with Crippen LogP contribution in [-0.4, -0.2) is 67.9 Å². The van der Waals surface area contributed by atoms with Crippen LogP contribution in [0.25, 0.3) is 0 Å². The third-order valence-corrected chi connectivity index (χ3v) is 9.22. The van der Waals surface area contributed by atoms with Gasteiger partial charge in [0.2, 0.25) is 5.78 Å². The summed E-state index contributed by atoms with van der Waals surface area (Å²) in [6.45, 7) is 2.22. The van der Waals surface area contributed by atoms with Crippen LogP contribution < -0.4 is 0 Å². The quantitative estimate of drug-likeness (QED) is 0.473. The third kappa shape index (κ3) is 2.18. The molecule has 0 radical (unpaired) electrons. The van der Waals surface area contributed by atoms with Crippen LogP contribution in [0.2, 0.25) is 0 Å². The Morgan fingerprint density at radius 2 is 1.76 bits per heavy atom. The minimum absolute atomic E-state index is 0.0323. The molecule has 29 heavy (non-hydrogen) atoms. The Kier molecular flexibility index (Phi) is 4.46. The van der Waals surface area contributed by atoms with Gasteiger partial charge in [0.05, 0.1) is 12.2 Å². The number of rotatable bonds is 2. The lowest BCUT2D eigenvalue weighted by Gasteiger charge is -2.64. The SMILES string of the molecule is C[C@]12CCC(=O)C(=O)C1CC[C@H]1[C@@H]3CC(O)[C@](O)(C(=O)CO)[C@@]3(C)CC(O)[C@@]12F. The highest BCUT2D eigenvalue weighted by Gasteiger charge is 2.77. The summed E-state index contributed by atoms with van der Waals surface area (Å²) in [5, 5.41) is 42.2. The van der Waals surface area contributed by atoms with Crippen LogP contribution in [0.5, 0.6) is 0 Å². The largest absolute Gasteiger partial charge is 0.390 e. The summed E-state index contributed by atoms with van der Waals surface area (Å²) >= 11 is 0. The summed E-state index contributed by atoms with van der Waals surface area (Å²) in [5.41, 5.74) is -6.99. The average Bonchev–Trinajstić information content (AvgIpc) is 2.87. The molecule has 162 valence electrons. The smallest absolute Gasteiger partial charge is 0.202 e. The fraction of sp³-hybridized carbons (Fsp3) is 0.857. The summed E-state index contributed by atoms with van der Waals surface area (Å²) in [6.07, 6.45) is -2.78. The predicted molar refractivity (Wildman–Crippen MR) is 97.3 cm³/mol. The Labute approximate surface area is 168 Å². The molecule has 0 aliphatic heterocycles.